The van der Waals surface area contributed by atoms with E-state index < -0.39 is 0 Å². The van der Waals surface area contributed by atoms with Crippen molar-refractivity contribution in [3.8, 4) is 10.6 Å². The number of aromatic nitrogens is 3. The van der Waals surface area contributed by atoms with Crippen LogP contribution in [0.5, 0.6) is 0 Å². The van der Waals surface area contributed by atoms with Crippen molar-refractivity contribution in [1.29, 1.82) is 0 Å². The van der Waals surface area contributed by atoms with Gasteiger partial charge in [-0.2, -0.15) is 5.10 Å². The third-order valence-electron chi connectivity index (χ3n) is 1.61. The van der Waals surface area contributed by atoms with E-state index >= 15 is 0 Å². The smallest absolute Gasteiger partial charge is 0.121 e. The summed E-state index contributed by atoms with van der Waals surface area (Å²) < 4.78 is 5.64. The SMILES string of the molecule is Cn1nc(-c2ccns2)cc1N. The Kier molecular flexibility index (Phi) is 1.58. The van der Waals surface area contributed by atoms with E-state index in [1.807, 2.05) is 19.2 Å². The van der Waals surface area contributed by atoms with Gasteiger partial charge < -0.3 is 5.73 Å². The van der Waals surface area contributed by atoms with Crippen LogP contribution in [-0.2, 0) is 7.05 Å². The molecule has 0 aliphatic carbocycles. The zero-order valence-corrected chi connectivity index (χ0v) is 7.38. The first-order chi connectivity index (χ1) is 5.77. The van der Waals surface area contributed by atoms with E-state index in [0.717, 1.165) is 10.6 Å². The molecule has 62 valence electrons. The molecule has 2 heterocycles. The number of aryl methyl sites for hydroxylation is 1. The molecule has 2 rings (SSSR count). The third kappa shape index (κ3) is 1.08. The summed E-state index contributed by atoms with van der Waals surface area (Å²) in [4.78, 5) is 1.04. The van der Waals surface area contributed by atoms with Gasteiger partial charge in [0.2, 0.25) is 0 Å². The largest absolute Gasteiger partial charge is 0.384 e. The maximum Gasteiger partial charge on any atom is 0.121 e. The topological polar surface area (TPSA) is 56.7 Å². The normalized spacial score (nSPS) is 10.4. The van der Waals surface area contributed by atoms with E-state index in [4.69, 9.17) is 5.73 Å². The molecular formula is C7H8N4S. The molecular weight excluding hydrogens is 172 g/mol. The molecule has 0 spiro atoms. The summed E-state index contributed by atoms with van der Waals surface area (Å²) in [5.74, 6) is 0.665. The van der Waals surface area contributed by atoms with Crippen LogP contribution in [0.3, 0.4) is 0 Å². The second-order valence-electron chi connectivity index (χ2n) is 2.45. The number of nitrogens with zero attached hydrogens (tertiary/aromatic N) is 3. The molecule has 2 aromatic heterocycles. The van der Waals surface area contributed by atoms with Crippen LogP contribution in [0.25, 0.3) is 10.6 Å². The zero-order valence-electron chi connectivity index (χ0n) is 6.56. The fraction of sp³-hybridized carbons (Fsp3) is 0.143. The van der Waals surface area contributed by atoms with E-state index in [9.17, 15) is 0 Å². The Morgan fingerprint density at radius 3 is 2.92 bits per heavy atom. The van der Waals surface area contributed by atoms with Gasteiger partial charge >= 0.3 is 0 Å². The second-order valence-corrected chi connectivity index (χ2v) is 3.29. The van der Waals surface area contributed by atoms with Crippen LogP contribution in [0, 0.1) is 0 Å². The van der Waals surface area contributed by atoms with Gasteiger partial charge in [-0.1, -0.05) is 0 Å². The van der Waals surface area contributed by atoms with E-state index in [1.165, 1.54) is 11.5 Å². The number of hydrogen-bond donors (Lipinski definition) is 1. The molecule has 0 radical (unpaired) electrons. The van der Waals surface area contributed by atoms with Gasteiger partial charge in [-0.25, -0.2) is 4.37 Å². The minimum Gasteiger partial charge on any atom is -0.384 e. The fourth-order valence-corrected chi connectivity index (χ4v) is 1.50. The van der Waals surface area contributed by atoms with Crippen molar-refractivity contribution in [3.63, 3.8) is 0 Å². The van der Waals surface area contributed by atoms with E-state index in [-0.39, 0.29) is 0 Å². The Labute approximate surface area is 73.8 Å². The minimum absolute atomic E-state index is 0.665. The maximum atomic E-state index is 5.63. The molecule has 0 aliphatic rings. The predicted molar refractivity (Wildman–Crippen MR) is 48.7 cm³/mol. The highest BCUT2D eigenvalue weighted by atomic mass is 32.1. The van der Waals surface area contributed by atoms with Gasteiger partial charge in [0.1, 0.15) is 11.5 Å². The summed E-state index contributed by atoms with van der Waals surface area (Å²) in [6.07, 6.45) is 1.75. The van der Waals surface area contributed by atoms with E-state index in [0.29, 0.717) is 5.82 Å². The van der Waals surface area contributed by atoms with Gasteiger partial charge in [0.15, 0.2) is 0 Å². The Hall–Kier alpha value is -1.36. The van der Waals surface area contributed by atoms with Crippen LogP contribution in [-0.4, -0.2) is 14.2 Å². The Morgan fingerprint density at radius 1 is 1.58 bits per heavy atom. The van der Waals surface area contributed by atoms with E-state index in [1.54, 1.807) is 10.9 Å². The van der Waals surface area contributed by atoms with Crippen LogP contribution in [0.1, 0.15) is 0 Å². The molecule has 0 saturated heterocycles. The number of hydrogen-bond acceptors (Lipinski definition) is 4. The quantitative estimate of drug-likeness (QED) is 0.715. The molecule has 5 heteroatoms. The van der Waals surface area contributed by atoms with Crippen LogP contribution < -0.4 is 5.73 Å². The highest BCUT2D eigenvalue weighted by molar-refractivity contribution is 7.09. The number of nitrogens with two attached hydrogens (primary N) is 1. The van der Waals surface area contributed by atoms with Crippen LogP contribution >= 0.6 is 11.5 Å². The van der Waals surface area contributed by atoms with E-state index in [2.05, 4.69) is 9.47 Å². The third-order valence-corrected chi connectivity index (χ3v) is 2.38. The lowest BCUT2D eigenvalue weighted by molar-refractivity contribution is 0.783. The highest BCUT2D eigenvalue weighted by Gasteiger charge is 2.05. The Bertz CT molecular complexity index is 357. The zero-order chi connectivity index (χ0) is 8.55. The summed E-state index contributed by atoms with van der Waals surface area (Å²) >= 11 is 1.42. The number of rotatable bonds is 1. The van der Waals surface area contributed by atoms with Gasteiger partial charge in [-0.3, -0.25) is 4.68 Å². The van der Waals surface area contributed by atoms with Crippen molar-refractivity contribution in [2.75, 3.05) is 5.73 Å². The monoisotopic (exact) mass is 180 g/mol. The average molecular weight is 180 g/mol. The highest BCUT2D eigenvalue weighted by Crippen LogP contribution is 2.22. The number of nitrogen functional groups attached to an aromatic ring is 1. The first-order valence-electron chi connectivity index (χ1n) is 3.48. The fourth-order valence-electron chi connectivity index (χ4n) is 0.950. The molecule has 0 unspecified atom stereocenters. The van der Waals surface area contributed by atoms with Crippen LogP contribution in [0.2, 0.25) is 0 Å². The van der Waals surface area contributed by atoms with Gasteiger partial charge in [0, 0.05) is 19.3 Å². The average Bonchev–Trinajstić information content (AvgIpc) is 2.61. The number of anilines is 1. The first-order valence-corrected chi connectivity index (χ1v) is 4.25. The summed E-state index contributed by atoms with van der Waals surface area (Å²) in [7, 11) is 1.82. The Balaban J connectivity index is 2.48. The summed E-state index contributed by atoms with van der Waals surface area (Å²) in [6, 6.07) is 3.76. The van der Waals surface area contributed by atoms with Crippen molar-refractivity contribution in [3.05, 3.63) is 18.3 Å². The maximum absolute atomic E-state index is 5.63. The van der Waals surface area contributed by atoms with Crippen molar-refractivity contribution in [2.45, 2.75) is 0 Å². The van der Waals surface area contributed by atoms with Crippen molar-refractivity contribution < 1.29 is 0 Å². The van der Waals surface area contributed by atoms with Crippen molar-refractivity contribution >= 4 is 17.4 Å². The van der Waals surface area contributed by atoms with Crippen LogP contribution in [0.4, 0.5) is 5.82 Å². The standard InChI is InChI=1S/C7H8N4S/c1-11-7(8)4-5(10-11)6-2-3-9-12-6/h2-4H,8H2,1H3. The van der Waals surface area contributed by atoms with Gasteiger partial charge in [-0.15, -0.1) is 0 Å². The lowest BCUT2D eigenvalue weighted by atomic mass is 10.3. The molecule has 0 amide bonds. The summed E-state index contributed by atoms with van der Waals surface area (Å²) in [5.41, 5.74) is 6.52. The van der Waals surface area contributed by atoms with Gasteiger partial charge in [0.25, 0.3) is 0 Å². The molecule has 12 heavy (non-hydrogen) atoms. The molecule has 4 nitrogen and oxygen atoms in total. The second kappa shape index (κ2) is 2.60. The van der Waals surface area contributed by atoms with Crippen molar-refractivity contribution in [2.24, 2.45) is 7.05 Å². The van der Waals surface area contributed by atoms with Gasteiger partial charge in [0.05, 0.1) is 4.88 Å². The molecule has 0 aromatic carbocycles. The molecule has 0 aliphatic heterocycles. The summed E-state index contributed by atoms with van der Waals surface area (Å²) in [6.45, 7) is 0. The lowest BCUT2D eigenvalue weighted by Crippen LogP contribution is -1.96. The van der Waals surface area contributed by atoms with Crippen LogP contribution in [0.15, 0.2) is 18.3 Å². The molecule has 2 aromatic rings. The Morgan fingerprint density at radius 2 is 2.42 bits per heavy atom. The lowest BCUT2D eigenvalue weighted by Gasteiger charge is -1.88. The van der Waals surface area contributed by atoms with Crippen molar-refractivity contribution in [1.82, 2.24) is 14.2 Å². The molecule has 2 N–H and O–H groups in total. The summed E-state index contributed by atoms with van der Waals surface area (Å²) in [5, 5.41) is 4.21. The molecule has 0 saturated carbocycles. The molecule has 0 atom stereocenters. The first kappa shape index (κ1) is 7.30. The molecule has 0 bridgehead atoms. The van der Waals surface area contributed by atoms with Gasteiger partial charge in [-0.05, 0) is 17.6 Å². The molecule has 0 fully saturated rings. The minimum atomic E-state index is 0.665. The predicted octanol–water partition coefficient (Wildman–Crippen LogP) is 1.13.